The molecule has 0 saturated carbocycles. The molecule has 0 saturated heterocycles. The number of ether oxygens (including phenoxy) is 2. The molecule has 1 amide bonds. The predicted molar refractivity (Wildman–Crippen MR) is 164 cm³/mol. The molecule has 4 aromatic carbocycles. The molecule has 0 fully saturated rings. The molecular weight excluding hydrogens is 545 g/mol. The highest BCUT2D eigenvalue weighted by atomic mass is 32.2. The van der Waals surface area contributed by atoms with E-state index < -0.39 is 15.9 Å². The Morgan fingerprint density at radius 2 is 1.57 bits per heavy atom. The van der Waals surface area contributed by atoms with Gasteiger partial charge in [-0.05, 0) is 72.4 Å². The molecule has 0 radical (unpaired) electrons. The van der Waals surface area contributed by atoms with Crippen molar-refractivity contribution in [1.29, 1.82) is 0 Å². The van der Waals surface area contributed by atoms with Gasteiger partial charge in [0, 0.05) is 17.8 Å². The van der Waals surface area contributed by atoms with Crippen molar-refractivity contribution in [2.75, 3.05) is 23.8 Å². The first-order chi connectivity index (χ1) is 19.2. The molecule has 4 aromatic rings. The summed E-state index contributed by atoms with van der Waals surface area (Å²) in [5.74, 6) is 0.662. The van der Waals surface area contributed by atoms with Gasteiger partial charge in [-0.15, -0.1) is 0 Å². The average molecular weight is 574 g/mol. The lowest BCUT2D eigenvalue weighted by molar-refractivity contribution is 0.0974. The zero-order chi connectivity index (χ0) is 28.5. The SMILES string of the molecule is Bc1ccc(OCCc2ccccc2)c(C(=O)NC(=S)Nc2ccc(S(=O)(=O)Nc3ccc(OC)cc3)cc2)c1. The fourth-order valence-corrected chi connectivity index (χ4v) is 5.06. The molecule has 0 heterocycles. The van der Waals surface area contributed by atoms with Gasteiger partial charge in [-0.2, -0.15) is 0 Å². The van der Waals surface area contributed by atoms with Crippen LogP contribution in [0.3, 0.4) is 0 Å². The smallest absolute Gasteiger partial charge is 0.261 e. The Balaban J connectivity index is 1.35. The van der Waals surface area contributed by atoms with Crippen LogP contribution in [0, 0.1) is 0 Å². The van der Waals surface area contributed by atoms with Crippen molar-refractivity contribution < 1.29 is 22.7 Å². The number of nitrogens with one attached hydrogen (secondary N) is 3. The Bertz CT molecular complexity index is 1580. The first-order valence-electron chi connectivity index (χ1n) is 12.4. The lowest BCUT2D eigenvalue weighted by Gasteiger charge is -2.14. The van der Waals surface area contributed by atoms with Gasteiger partial charge in [0.15, 0.2) is 5.11 Å². The second kappa shape index (κ2) is 13.1. The van der Waals surface area contributed by atoms with Crippen molar-refractivity contribution in [3.05, 3.63) is 108 Å². The second-order valence-electron chi connectivity index (χ2n) is 8.85. The molecule has 0 bridgehead atoms. The van der Waals surface area contributed by atoms with E-state index in [2.05, 4.69) is 15.4 Å². The number of carbonyl (C=O) groups is 1. The zero-order valence-corrected chi connectivity index (χ0v) is 23.6. The Morgan fingerprint density at radius 1 is 0.900 bits per heavy atom. The minimum atomic E-state index is -3.80. The van der Waals surface area contributed by atoms with E-state index in [-0.39, 0.29) is 10.0 Å². The molecular formula is C29H28BN3O5S2. The van der Waals surface area contributed by atoms with Gasteiger partial charge in [-0.3, -0.25) is 14.8 Å². The van der Waals surface area contributed by atoms with E-state index in [0.29, 0.717) is 41.5 Å². The number of anilines is 2. The third kappa shape index (κ3) is 7.84. The first kappa shape index (κ1) is 28.7. The van der Waals surface area contributed by atoms with Crippen LogP contribution in [-0.4, -0.2) is 41.0 Å². The molecule has 0 unspecified atom stereocenters. The Kier molecular flexibility index (Phi) is 9.41. The maximum atomic E-state index is 13.0. The Labute approximate surface area is 240 Å². The number of sulfonamides is 1. The largest absolute Gasteiger partial charge is 0.497 e. The maximum absolute atomic E-state index is 13.0. The van der Waals surface area contributed by atoms with Crippen molar-refractivity contribution >= 4 is 57.9 Å². The summed E-state index contributed by atoms with van der Waals surface area (Å²) in [4.78, 5) is 13.1. The number of amides is 1. The van der Waals surface area contributed by atoms with Gasteiger partial charge in [0.05, 0.1) is 24.2 Å². The van der Waals surface area contributed by atoms with Crippen LogP contribution in [0.4, 0.5) is 11.4 Å². The van der Waals surface area contributed by atoms with Crippen molar-refractivity contribution in [2.45, 2.75) is 11.3 Å². The van der Waals surface area contributed by atoms with Gasteiger partial charge < -0.3 is 14.8 Å². The van der Waals surface area contributed by atoms with Crippen LogP contribution < -0.4 is 30.3 Å². The van der Waals surface area contributed by atoms with E-state index in [0.717, 1.165) is 11.0 Å². The summed E-state index contributed by atoms with van der Waals surface area (Å²) in [6.45, 7) is 0.415. The fourth-order valence-electron chi connectivity index (χ4n) is 3.79. The summed E-state index contributed by atoms with van der Waals surface area (Å²) in [5.41, 5.74) is 3.33. The topological polar surface area (TPSA) is 106 Å². The molecule has 0 aliphatic rings. The third-order valence-corrected chi connectivity index (χ3v) is 7.46. The van der Waals surface area contributed by atoms with E-state index in [9.17, 15) is 13.2 Å². The van der Waals surface area contributed by atoms with Crippen molar-refractivity contribution in [1.82, 2.24) is 5.32 Å². The van der Waals surface area contributed by atoms with Crippen LogP contribution in [0.5, 0.6) is 11.5 Å². The zero-order valence-electron chi connectivity index (χ0n) is 22.0. The molecule has 40 heavy (non-hydrogen) atoms. The monoisotopic (exact) mass is 573 g/mol. The Morgan fingerprint density at radius 3 is 2.25 bits per heavy atom. The minimum Gasteiger partial charge on any atom is -0.497 e. The van der Waals surface area contributed by atoms with Crippen LogP contribution in [0.25, 0.3) is 0 Å². The van der Waals surface area contributed by atoms with Gasteiger partial charge in [0.2, 0.25) is 0 Å². The lowest BCUT2D eigenvalue weighted by Crippen LogP contribution is -2.34. The van der Waals surface area contributed by atoms with Gasteiger partial charge in [0.25, 0.3) is 15.9 Å². The third-order valence-electron chi connectivity index (χ3n) is 5.86. The van der Waals surface area contributed by atoms with Crippen molar-refractivity contribution in [2.24, 2.45) is 0 Å². The first-order valence-corrected chi connectivity index (χ1v) is 14.3. The minimum absolute atomic E-state index is 0.0636. The quantitative estimate of drug-likeness (QED) is 0.197. The van der Waals surface area contributed by atoms with E-state index >= 15 is 0 Å². The molecule has 0 spiro atoms. The van der Waals surface area contributed by atoms with Crippen LogP contribution in [0.2, 0.25) is 0 Å². The van der Waals surface area contributed by atoms with Crippen molar-refractivity contribution in [3.8, 4) is 11.5 Å². The van der Waals surface area contributed by atoms with E-state index in [1.807, 2.05) is 44.2 Å². The number of thiocarbonyl (C=S) groups is 1. The second-order valence-corrected chi connectivity index (χ2v) is 10.9. The average Bonchev–Trinajstić information content (AvgIpc) is 2.95. The fraction of sp³-hybridized carbons (Fsp3) is 0.103. The summed E-state index contributed by atoms with van der Waals surface area (Å²) >= 11 is 5.33. The Hall–Kier alpha value is -4.35. The molecule has 0 aromatic heterocycles. The summed E-state index contributed by atoms with van der Waals surface area (Å²) < 4.78 is 39.0. The van der Waals surface area contributed by atoms with E-state index in [1.165, 1.54) is 19.2 Å². The molecule has 0 aliphatic heterocycles. The van der Waals surface area contributed by atoms with Crippen LogP contribution in [0.1, 0.15) is 15.9 Å². The standard InChI is InChI=1S/C29H28BN3O5S2/c1-37-24-12-8-23(9-13-24)33-40(35,36)25-14-10-22(11-15-25)31-29(39)32-28(34)26-19-21(30)7-16-27(26)38-18-17-20-5-3-2-4-6-20/h2-16,19,33H,17-18,30H2,1H3,(H2,31,32,34,39). The molecule has 8 nitrogen and oxygen atoms in total. The predicted octanol–water partition coefficient (Wildman–Crippen LogP) is 3.50. The highest BCUT2D eigenvalue weighted by molar-refractivity contribution is 7.92. The normalized spacial score (nSPS) is 10.8. The summed E-state index contributed by atoms with van der Waals surface area (Å²) in [5, 5.41) is 5.64. The maximum Gasteiger partial charge on any atom is 0.261 e. The van der Waals surface area contributed by atoms with Crippen LogP contribution in [0.15, 0.2) is 102 Å². The number of hydrogen-bond acceptors (Lipinski definition) is 6. The van der Waals surface area contributed by atoms with E-state index in [4.69, 9.17) is 21.7 Å². The number of carbonyl (C=O) groups excluding carboxylic acids is 1. The van der Waals surface area contributed by atoms with Gasteiger partial charge in [0.1, 0.15) is 19.3 Å². The van der Waals surface area contributed by atoms with Crippen LogP contribution >= 0.6 is 12.2 Å². The molecule has 204 valence electrons. The summed E-state index contributed by atoms with van der Waals surface area (Å²) in [6, 6.07) is 27.9. The summed E-state index contributed by atoms with van der Waals surface area (Å²) in [7, 11) is -0.377. The molecule has 11 heteroatoms. The highest BCUT2D eigenvalue weighted by Gasteiger charge is 2.16. The highest BCUT2D eigenvalue weighted by Crippen LogP contribution is 2.21. The number of benzene rings is 4. The van der Waals surface area contributed by atoms with Gasteiger partial charge in [-0.1, -0.05) is 47.9 Å². The molecule has 0 aliphatic carbocycles. The van der Waals surface area contributed by atoms with Gasteiger partial charge >= 0.3 is 0 Å². The number of hydrogen-bond donors (Lipinski definition) is 3. The number of methoxy groups -OCH3 is 1. The lowest BCUT2D eigenvalue weighted by atomic mass is 9.94. The van der Waals surface area contributed by atoms with E-state index in [1.54, 1.807) is 48.5 Å². The van der Waals surface area contributed by atoms with Gasteiger partial charge in [-0.25, -0.2) is 8.42 Å². The molecule has 4 rings (SSSR count). The van der Waals surface area contributed by atoms with Crippen LogP contribution in [-0.2, 0) is 16.4 Å². The molecule has 3 N–H and O–H groups in total. The number of rotatable bonds is 10. The van der Waals surface area contributed by atoms with Crippen molar-refractivity contribution in [3.63, 3.8) is 0 Å². The summed E-state index contributed by atoms with van der Waals surface area (Å²) in [6.07, 6.45) is 0.705. The molecule has 0 atom stereocenters.